The second kappa shape index (κ2) is 6.49. The first-order chi connectivity index (χ1) is 9.94. The Bertz CT molecular complexity index is 573. The summed E-state index contributed by atoms with van der Waals surface area (Å²) in [6.45, 7) is 0.180. The third-order valence-electron chi connectivity index (χ3n) is 2.75. The van der Waals surface area contributed by atoms with Crippen LogP contribution in [0, 0.1) is 0 Å². The number of nitrogens with one attached hydrogen (secondary N) is 1. The predicted octanol–water partition coefficient (Wildman–Crippen LogP) is 3.73. The lowest BCUT2D eigenvalue weighted by atomic mass is 10.1. The third kappa shape index (κ3) is 5.00. The molecule has 0 saturated carbocycles. The number of halogens is 3. The Kier molecular flexibility index (Phi) is 4.70. The SMILES string of the molecule is OC(CNc1cccc(OC(F)(F)F)c1)c1ccccc1. The molecule has 1 atom stereocenters. The molecule has 2 aromatic rings. The maximum absolute atomic E-state index is 12.1. The molecule has 0 aromatic heterocycles. The summed E-state index contributed by atoms with van der Waals surface area (Å²) in [7, 11) is 0. The van der Waals surface area contributed by atoms with Gasteiger partial charge in [0.1, 0.15) is 5.75 Å². The van der Waals surface area contributed by atoms with Crippen LogP contribution in [0.25, 0.3) is 0 Å². The number of aliphatic hydroxyl groups is 1. The highest BCUT2D eigenvalue weighted by atomic mass is 19.4. The minimum Gasteiger partial charge on any atom is -0.406 e. The summed E-state index contributed by atoms with van der Waals surface area (Å²) in [4.78, 5) is 0. The number of ether oxygens (including phenoxy) is 1. The number of hydrogen-bond acceptors (Lipinski definition) is 3. The Hall–Kier alpha value is -2.21. The Labute approximate surface area is 120 Å². The monoisotopic (exact) mass is 297 g/mol. The van der Waals surface area contributed by atoms with Crippen molar-refractivity contribution in [3.8, 4) is 5.75 Å². The summed E-state index contributed by atoms with van der Waals surface area (Å²) >= 11 is 0. The van der Waals surface area contributed by atoms with E-state index in [4.69, 9.17) is 0 Å². The van der Waals surface area contributed by atoms with Crippen molar-refractivity contribution in [3.63, 3.8) is 0 Å². The Balaban J connectivity index is 1.96. The van der Waals surface area contributed by atoms with Gasteiger partial charge in [-0.25, -0.2) is 0 Å². The summed E-state index contributed by atoms with van der Waals surface area (Å²) in [5.74, 6) is -0.304. The normalized spacial score (nSPS) is 12.8. The van der Waals surface area contributed by atoms with Gasteiger partial charge in [-0.2, -0.15) is 0 Å². The van der Waals surface area contributed by atoms with Crippen LogP contribution < -0.4 is 10.1 Å². The molecule has 3 nitrogen and oxygen atoms in total. The number of hydrogen-bond donors (Lipinski definition) is 2. The topological polar surface area (TPSA) is 41.5 Å². The fourth-order valence-corrected chi connectivity index (χ4v) is 1.81. The van der Waals surface area contributed by atoms with Crippen LogP contribution in [0.5, 0.6) is 5.75 Å². The van der Waals surface area contributed by atoms with Crippen molar-refractivity contribution < 1.29 is 23.0 Å². The van der Waals surface area contributed by atoms with E-state index in [9.17, 15) is 18.3 Å². The lowest BCUT2D eigenvalue weighted by molar-refractivity contribution is -0.274. The lowest BCUT2D eigenvalue weighted by Crippen LogP contribution is -2.17. The molecule has 0 spiro atoms. The van der Waals surface area contributed by atoms with Crippen LogP contribution in [0.2, 0.25) is 0 Å². The van der Waals surface area contributed by atoms with Gasteiger partial charge in [-0.1, -0.05) is 36.4 Å². The third-order valence-corrected chi connectivity index (χ3v) is 2.75. The largest absolute Gasteiger partial charge is 0.573 e. The van der Waals surface area contributed by atoms with Crippen molar-refractivity contribution in [1.29, 1.82) is 0 Å². The zero-order valence-electron chi connectivity index (χ0n) is 11.0. The fraction of sp³-hybridized carbons (Fsp3) is 0.200. The summed E-state index contributed by atoms with van der Waals surface area (Å²) in [6, 6.07) is 14.5. The van der Waals surface area contributed by atoms with Gasteiger partial charge in [0.15, 0.2) is 0 Å². The standard InChI is InChI=1S/C15H14F3NO2/c16-15(17,18)21-13-8-4-7-12(9-13)19-10-14(20)11-5-2-1-3-6-11/h1-9,14,19-20H,10H2. The molecule has 0 radical (unpaired) electrons. The van der Waals surface area contributed by atoms with Gasteiger partial charge in [-0.3, -0.25) is 0 Å². The summed E-state index contributed by atoms with van der Waals surface area (Å²) < 4.78 is 40.2. The minimum absolute atomic E-state index is 0.180. The zero-order valence-corrected chi connectivity index (χ0v) is 11.0. The molecule has 0 fully saturated rings. The van der Waals surface area contributed by atoms with Crippen LogP contribution in [0.4, 0.5) is 18.9 Å². The summed E-state index contributed by atoms with van der Waals surface area (Å²) in [5.41, 5.74) is 1.17. The maximum atomic E-state index is 12.1. The van der Waals surface area contributed by atoms with E-state index in [0.717, 1.165) is 5.56 Å². The van der Waals surface area contributed by atoms with Crippen molar-refractivity contribution in [2.24, 2.45) is 0 Å². The fourth-order valence-electron chi connectivity index (χ4n) is 1.81. The van der Waals surface area contributed by atoms with Crippen molar-refractivity contribution in [3.05, 3.63) is 60.2 Å². The molecule has 1 unspecified atom stereocenters. The molecule has 2 rings (SSSR count). The second-order valence-electron chi connectivity index (χ2n) is 4.38. The Morgan fingerprint density at radius 1 is 1.05 bits per heavy atom. The van der Waals surface area contributed by atoms with Gasteiger partial charge in [0.2, 0.25) is 0 Å². The first-order valence-electron chi connectivity index (χ1n) is 6.27. The van der Waals surface area contributed by atoms with Gasteiger partial charge in [0, 0.05) is 18.3 Å². The highest BCUT2D eigenvalue weighted by Crippen LogP contribution is 2.25. The molecule has 21 heavy (non-hydrogen) atoms. The van der Waals surface area contributed by atoms with Crippen molar-refractivity contribution in [1.82, 2.24) is 0 Å². The summed E-state index contributed by atoms with van der Waals surface area (Å²) in [6.07, 6.45) is -5.47. The van der Waals surface area contributed by atoms with E-state index in [0.29, 0.717) is 5.69 Å². The summed E-state index contributed by atoms with van der Waals surface area (Å²) in [5, 5.41) is 12.8. The molecule has 0 aliphatic heterocycles. The van der Waals surface area contributed by atoms with Crippen LogP contribution >= 0.6 is 0 Å². The average molecular weight is 297 g/mol. The minimum atomic E-state index is -4.72. The number of anilines is 1. The second-order valence-corrected chi connectivity index (χ2v) is 4.38. The molecule has 0 saturated heterocycles. The molecule has 0 heterocycles. The molecule has 0 aliphatic rings. The van der Waals surface area contributed by atoms with E-state index in [1.807, 2.05) is 6.07 Å². The van der Waals surface area contributed by atoms with Crippen LogP contribution in [0.3, 0.4) is 0 Å². The number of benzene rings is 2. The van der Waals surface area contributed by atoms with Gasteiger partial charge in [-0.15, -0.1) is 13.2 Å². The van der Waals surface area contributed by atoms with Crippen LogP contribution in [0.1, 0.15) is 11.7 Å². The quantitative estimate of drug-likeness (QED) is 0.883. The van der Waals surface area contributed by atoms with Crippen LogP contribution in [-0.2, 0) is 0 Å². The van der Waals surface area contributed by atoms with E-state index in [1.165, 1.54) is 18.2 Å². The highest BCUT2D eigenvalue weighted by molar-refractivity contribution is 5.48. The molecular weight excluding hydrogens is 283 g/mol. The van der Waals surface area contributed by atoms with Gasteiger partial charge >= 0.3 is 6.36 Å². The molecule has 0 bridgehead atoms. The molecule has 0 aliphatic carbocycles. The van der Waals surface area contributed by atoms with E-state index in [-0.39, 0.29) is 12.3 Å². The molecule has 112 valence electrons. The predicted molar refractivity (Wildman–Crippen MR) is 73.0 cm³/mol. The van der Waals surface area contributed by atoms with Crippen molar-refractivity contribution in [2.45, 2.75) is 12.5 Å². The van der Waals surface area contributed by atoms with Gasteiger partial charge in [0.25, 0.3) is 0 Å². The van der Waals surface area contributed by atoms with Gasteiger partial charge in [-0.05, 0) is 17.7 Å². The van der Waals surface area contributed by atoms with Crippen molar-refractivity contribution in [2.75, 3.05) is 11.9 Å². The van der Waals surface area contributed by atoms with E-state index >= 15 is 0 Å². The zero-order chi connectivity index (χ0) is 15.3. The average Bonchev–Trinajstić information content (AvgIpc) is 2.44. The van der Waals surface area contributed by atoms with Gasteiger partial charge in [0.05, 0.1) is 6.10 Å². The lowest BCUT2D eigenvalue weighted by Gasteiger charge is -2.14. The highest BCUT2D eigenvalue weighted by Gasteiger charge is 2.31. The van der Waals surface area contributed by atoms with Crippen LogP contribution in [-0.4, -0.2) is 18.0 Å². The van der Waals surface area contributed by atoms with Gasteiger partial charge < -0.3 is 15.2 Å². The smallest absolute Gasteiger partial charge is 0.406 e. The molecule has 0 amide bonds. The first kappa shape index (κ1) is 15.2. The Morgan fingerprint density at radius 2 is 1.76 bits per heavy atom. The molecule has 2 aromatic carbocycles. The number of alkyl halides is 3. The molecule has 6 heteroatoms. The van der Waals surface area contributed by atoms with Crippen molar-refractivity contribution >= 4 is 5.69 Å². The van der Waals surface area contributed by atoms with E-state index in [1.54, 1.807) is 30.3 Å². The number of rotatable bonds is 5. The number of aliphatic hydroxyl groups excluding tert-OH is 1. The van der Waals surface area contributed by atoms with E-state index < -0.39 is 12.5 Å². The van der Waals surface area contributed by atoms with Crippen LogP contribution in [0.15, 0.2) is 54.6 Å². The Morgan fingerprint density at radius 3 is 2.43 bits per heavy atom. The van der Waals surface area contributed by atoms with E-state index in [2.05, 4.69) is 10.1 Å². The molecule has 2 N–H and O–H groups in total. The molecular formula is C15H14F3NO2. The first-order valence-corrected chi connectivity index (χ1v) is 6.27. The maximum Gasteiger partial charge on any atom is 0.573 e.